The van der Waals surface area contributed by atoms with E-state index in [-0.39, 0.29) is 17.2 Å². The van der Waals surface area contributed by atoms with Crippen molar-refractivity contribution in [1.82, 2.24) is 15.1 Å². The van der Waals surface area contributed by atoms with Crippen molar-refractivity contribution in [3.63, 3.8) is 0 Å². The van der Waals surface area contributed by atoms with E-state index >= 15 is 0 Å². The highest BCUT2D eigenvalue weighted by Gasteiger charge is 2.44. The molecule has 0 spiro atoms. The zero-order chi connectivity index (χ0) is 34.0. The molecule has 0 bridgehead atoms. The monoisotopic (exact) mass is 659 g/mol. The van der Waals surface area contributed by atoms with Crippen LogP contribution < -0.4 is 5.32 Å². The zero-order valence-electron chi connectivity index (χ0n) is 27.1. The summed E-state index contributed by atoms with van der Waals surface area (Å²) in [6.45, 7) is 3.26. The van der Waals surface area contributed by atoms with Gasteiger partial charge in [0.15, 0.2) is 0 Å². The predicted molar refractivity (Wildman–Crippen MR) is 171 cm³/mol. The summed E-state index contributed by atoms with van der Waals surface area (Å²) >= 11 is 0. The van der Waals surface area contributed by atoms with Crippen molar-refractivity contribution < 1.29 is 31.1 Å². The van der Waals surface area contributed by atoms with Crippen molar-refractivity contribution in [3.05, 3.63) is 107 Å². The summed E-state index contributed by atoms with van der Waals surface area (Å²) < 4.78 is 81.3. The molecule has 4 nitrogen and oxygen atoms in total. The van der Waals surface area contributed by atoms with Crippen molar-refractivity contribution in [2.45, 2.75) is 87.3 Å². The van der Waals surface area contributed by atoms with E-state index in [4.69, 9.17) is 0 Å². The van der Waals surface area contributed by atoms with Gasteiger partial charge in [-0.15, -0.1) is 0 Å². The maximum absolute atomic E-state index is 13.7. The van der Waals surface area contributed by atoms with Gasteiger partial charge in [0.05, 0.1) is 22.6 Å². The predicted octanol–water partition coefficient (Wildman–Crippen LogP) is 8.42. The Morgan fingerprint density at radius 2 is 1.34 bits per heavy atom. The molecule has 10 heteroatoms. The number of hydrogen-bond acceptors (Lipinski definition) is 3. The average Bonchev–Trinajstić information content (AvgIpc) is 3.05. The minimum Gasteiger partial charge on any atom is -0.346 e. The smallest absolute Gasteiger partial charge is 0.346 e. The van der Waals surface area contributed by atoms with Crippen LogP contribution in [0.4, 0.5) is 26.3 Å². The number of carbonyl (C=O) groups excluding carboxylic acids is 1. The fraction of sp³-hybridized carbons (Fsp3) is 0.486. The molecule has 47 heavy (non-hydrogen) atoms. The van der Waals surface area contributed by atoms with Crippen LogP contribution in [0.3, 0.4) is 0 Å². The lowest BCUT2D eigenvalue weighted by atomic mass is 9.73. The highest BCUT2D eigenvalue weighted by molar-refractivity contribution is 5.84. The molecule has 1 unspecified atom stereocenters. The van der Waals surface area contributed by atoms with Crippen molar-refractivity contribution >= 4 is 5.91 Å². The van der Waals surface area contributed by atoms with Crippen LogP contribution in [0.5, 0.6) is 0 Å². The van der Waals surface area contributed by atoms with Gasteiger partial charge in [0.25, 0.3) is 0 Å². The van der Waals surface area contributed by atoms with E-state index in [1.807, 2.05) is 36.4 Å². The molecule has 5 rings (SSSR count). The Morgan fingerprint density at radius 1 is 0.830 bits per heavy atom. The van der Waals surface area contributed by atoms with Gasteiger partial charge in [-0.05, 0) is 101 Å². The van der Waals surface area contributed by atoms with Crippen LogP contribution in [0.15, 0.2) is 78.9 Å². The first kappa shape index (κ1) is 35.0. The van der Waals surface area contributed by atoms with Crippen LogP contribution in [0, 0.1) is 0 Å². The molecule has 254 valence electrons. The lowest BCUT2D eigenvalue weighted by Gasteiger charge is -2.50. The van der Waals surface area contributed by atoms with Crippen molar-refractivity contribution in [2.24, 2.45) is 0 Å². The number of benzene rings is 3. The van der Waals surface area contributed by atoms with Gasteiger partial charge in [-0.1, -0.05) is 60.7 Å². The number of piperidine rings is 1. The highest BCUT2D eigenvalue weighted by Crippen LogP contribution is 2.42. The number of likely N-dealkylation sites (tertiary alicyclic amines) is 1. The maximum Gasteiger partial charge on any atom is 0.416 e. The van der Waals surface area contributed by atoms with Crippen LogP contribution in [-0.4, -0.2) is 54.5 Å². The van der Waals surface area contributed by atoms with Gasteiger partial charge in [-0.3, -0.25) is 4.79 Å². The fourth-order valence-corrected chi connectivity index (χ4v) is 7.49. The Bertz CT molecular complexity index is 1460. The van der Waals surface area contributed by atoms with Gasteiger partial charge in [-0.25, -0.2) is 0 Å². The number of halogens is 6. The number of amides is 1. The molecule has 0 radical (unpaired) electrons. The second-order valence-electron chi connectivity index (χ2n) is 13.5. The summed E-state index contributed by atoms with van der Waals surface area (Å²) in [6, 6.07) is 21.7. The second kappa shape index (κ2) is 13.6. The van der Waals surface area contributed by atoms with Gasteiger partial charge in [0, 0.05) is 24.7 Å². The molecule has 3 aromatic rings. The molecule has 1 saturated heterocycles. The normalized spacial score (nSPS) is 23.0. The van der Waals surface area contributed by atoms with Crippen molar-refractivity contribution in [2.75, 3.05) is 27.2 Å². The van der Waals surface area contributed by atoms with Gasteiger partial charge < -0.3 is 15.1 Å². The number of nitrogens with one attached hydrogen (secondary N) is 1. The Morgan fingerprint density at radius 3 is 1.83 bits per heavy atom. The minimum atomic E-state index is -4.99. The van der Waals surface area contributed by atoms with Gasteiger partial charge in [0.2, 0.25) is 5.91 Å². The number of hydrogen-bond donors (Lipinski definition) is 1. The summed E-state index contributed by atoms with van der Waals surface area (Å²) in [5.74, 6) is -1.84. The summed E-state index contributed by atoms with van der Waals surface area (Å²) in [7, 11) is 4.31. The van der Waals surface area contributed by atoms with Crippen LogP contribution in [0.1, 0.15) is 79.2 Å². The van der Waals surface area contributed by atoms with E-state index in [0.717, 1.165) is 50.8 Å². The third kappa shape index (κ3) is 7.86. The first-order valence-corrected chi connectivity index (χ1v) is 16.2. The molecule has 1 atom stereocenters. The molecular formula is C37H43F6N3O. The van der Waals surface area contributed by atoms with Crippen LogP contribution in [0.2, 0.25) is 0 Å². The number of rotatable bonds is 8. The van der Waals surface area contributed by atoms with Crippen LogP contribution in [0.25, 0.3) is 0 Å². The molecule has 1 saturated carbocycles. The summed E-state index contributed by atoms with van der Waals surface area (Å²) in [5.41, 5.74) is -1.69. The number of alkyl halides is 6. The van der Waals surface area contributed by atoms with Crippen LogP contribution in [-0.2, 0) is 29.1 Å². The zero-order valence-corrected chi connectivity index (χ0v) is 27.1. The SMILES string of the molecule is CC(C(=O)N[C@]1(c2ccccc2)CC[C@H](N2CCC(Cc3ccccc3)(N(C)C)CC2)CC1)c1cc(C(F)(F)F)cc(C(F)(F)F)c1. The average molecular weight is 660 g/mol. The molecule has 1 aliphatic heterocycles. The van der Waals surface area contributed by atoms with E-state index in [1.165, 1.54) is 12.5 Å². The Hall–Kier alpha value is -3.37. The molecule has 1 N–H and O–H groups in total. The largest absolute Gasteiger partial charge is 0.416 e. The van der Waals surface area contributed by atoms with E-state index in [9.17, 15) is 31.1 Å². The lowest BCUT2D eigenvalue weighted by molar-refractivity contribution is -0.143. The van der Waals surface area contributed by atoms with Crippen molar-refractivity contribution in [3.8, 4) is 0 Å². The standard InChI is InChI=1S/C37H43F6N3O/c1-26(28-22-30(36(38,39)40)24-31(23-28)37(41,42)43)33(47)44-35(29-12-8-5-9-13-29)16-14-32(15-17-35)46-20-18-34(19-21-46,45(2)3)25-27-10-6-4-7-11-27/h4-13,22-24,26,32H,14-21,25H2,1-3H3,(H,44,47)/t26?,32-,35+. The third-order valence-corrected chi connectivity index (χ3v) is 10.6. The third-order valence-electron chi connectivity index (χ3n) is 10.6. The van der Waals surface area contributed by atoms with Gasteiger partial charge in [-0.2, -0.15) is 26.3 Å². The fourth-order valence-electron chi connectivity index (χ4n) is 7.49. The number of likely N-dealkylation sites (N-methyl/N-ethyl adjacent to an activating group) is 1. The van der Waals surface area contributed by atoms with Gasteiger partial charge >= 0.3 is 12.4 Å². The molecule has 2 aliphatic rings. The van der Waals surface area contributed by atoms with Crippen LogP contribution >= 0.6 is 0 Å². The number of nitrogens with zero attached hydrogens (tertiary/aromatic N) is 2. The molecule has 2 fully saturated rings. The summed E-state index contributed by atoms with van der Waals surface area (Å²) in [6.07, 6.45) is -4.11. The second-order valence-corrected chi connectivity index (χ2v) is 13.5. The minimum absolute atomic E-state index is 0.0693. The topological polar surface area (TPSA) is 35.6 Å². The molecule has 3 aromatic carbocycles. The van der Waals surface area contributed by atoms with Gasteiger partial charge in [0.1, 0.15) is 0 Å². The van der Waals surface area contributed by atoms with E-state index < -0.39 is 40.8 Å². The molecule has 1 aliphatic carbocycles. The molecule has 0 aromatic heterocycles. The lowest BCUT2D eigenvalue weighted by Crippen LogP contribution is -2.57. The Balaban J connectivity index is 1.31. The molecule has 1 heterocycles. The van der Waals surface area contributed by atoms with E-state index in [2.05, 4.69) is 53.5 Å². The molecular weight excluding hydrogens is 616 g/mol. The first-order chi connectivity index (χ1) is 22.1. The first-order valence-electron chi connectivity index (χ1n) is 16.2. The van der Waals surface area contributed by atoms with Crippen molar-refractivity contribution in [1.29, 1.82) is 0 Å². The highest BCUT2D eigenvalue weighted by atomic mass is 19.4. The quantitative estimate of drug-likeness (QED) is 0.247. The maximum atomic E-state index is 13.7. The van der Waals surface area contributed by atoms with E-state index in [1.54, 1.807) is 0 Å². The Kier molecular flexibility index (Phi) is 10.1. The number of carbonyl (C=O) groups is 1. The summed E-state index contributed by atoms with van der Waals surface area (Å²) in [4.78, 5) is 18.6. The molecule has 1 amide bonds. The summed E-state index contributed by atoms with van der Waals surface area (Å²) in [5, 5.41) is 3.12. The van der Waals surface area contributed by atoms with E-state index in [0.29, 0.717) is 31.0 Å². The Labute approximate surface area is 273 Å².